The number of rotatable bonds is 6. The van der Waals surface area contributed by atoms with E-state index >= 15 is 0 Å². The average Bonchev–Trinajstić information content (AvgIpc) is 3.37. The van der Waals surface area contributed by atoms with Crippen molar-refractivity contribution >= 4 is 28.9 Å². The van der Waals surface area contributed by atoms with Gasteiger partial charge in [0.2, 0.25) is 5.91 Å². The van der Waals surface area contributed by atoms with Gasteiger partial charge in [0, 0.05) is 30.5 Å². The summed E-state index contributed by atoms with van der Waals surface area (Å²) < 4.78 is 5.78. The molecule has 1 N–H and O–H groups in total. The fraction of sp³-hybridized carbons (Fsp3) is 0.704. The standard InChI is InChI=1S/C27H40N2O4S/c1-17-8-10-18(11-9-17)25(30)29(19-14-21(28(5)6)23(15-19)33-7)22-16-20(12-13-27(2,3)4)34-24(22)26(31)32/h16-19,21,23H,8-11,14-15H2,1-7H3,(H,31,32). The highest BCUT2D eigenvalue weighted by molar-refractivity contribution is 7.15. The van der Waals surface area contributed by atoms with Gasteiger partial charge in [0.15, 0.2) is 0 Å². The number of carbonyl (C=O) groups is 2. The number of hydrogen-bond acceptors (Lipinski definition) is 5. The van der Waals surface area contributed by atoms with E-state index in [0.29, 0.717) is 22.9 Å². The molecule has 2 aliphatic carbocycles. The van der Waals surface area contributed by atoms with Crippen LogP contribution in [0, 0.1) is 29.1 Å². The summed E-state index contributed by atoms with van der Waals surface area (Å²) in [4.78, 5) is 31.1. The maximum atomic E-state index is 14.0. The molecule has 6 nitrogen and oxygen atoms in total. The summed E-state index contributed by atoms with van der Waals surface area (Å²) >= 11 is 1.16. The second-order valence-corrected chi connectivity index (χ2v) is 12.3. The third kappa shape index (κ3) is 6.21. The minimum absolute atomic E-state index is 0.00579. The quantitative estimate of drug-likeness (QED) is 0.564. The monoisotopic (exact) mass is 488 g/mol. The van der Waals surface area contributed by atoms with Gasteiger partial charge in [0.1, 0.15) is 4.88 Å². The number of carboxylic acids is 1. The molecule has 3 rings (SSSR count). The Morgan fingerprint density at radius 3 is 2.29 bits per heavy atom. The van der Waals surface area contributed by atoms with Crippen molar-refractivity contribution in [2.75, 3.05) is 26.1 Å². The molecule has 2 fully saturated rings. The Labute approximate surface area is 208 Å². The molecule has 1 aromatic heterocycles. The molecule has 7 heteroatoms. The largest absolute Gasteiger partial charge is 0.477 e. The molecule has 34 heavy (non-hydrogen) atoms. The number of likely N-dealkylation sites (N-methyl/N-ethyl adjacent to an activating group) is 1. The second kappa shape index (κ2) is 10.8. The molecule has 0 saturated heterocycles. The third-order valence-corrected chi connectivity index (χ3v) is 8.14. The molecule has 3 unspecified atom stereocenters. The van der Waals surface area contributed by atoms with E-state index < -0.39 is 5.97 Å². The number of carbonyl (C=O) groups excluding carboxylic acids is 1. The Hall–Kier alpha value is -1.88. The third-order valence-electron chi connectivity index (χ3n) is 7.11. The molecule has 2 aliphatic rings. The van der Waals surface area contributed by atoms with Crippen molar-refractivity contribution in [1.29, 1.82) is 0 Å². The Bertz CT molecular complexity index is 944. The van der Waals surface area contributed by atoms with Gasteiger partial charge in [-0.1, -0.05) is 18.8 Å². The first kappa shape index (κ1) is 26.7. The van der Waals surface area contributed by atoms with Crippen LogP contribution in [0.3, 0.4) is 0 Å². The molecule has 0 spiro atoms. The minimum Gasteiger partial charge on any atom is -0.477 e. The molecule has 0 aliphatic heterocycles. The van der Waals surface area contributed by atoms with E-state index in [9.17, 15) is 14.7 Å². The van der Waals surface area contributed by atoms with Crippen LogP contribution in [0.15, 0.2) is 6.07 Å². The van der Waals surface area contributed by atoms with Gasteiger partial charge in [-0.25, -0.2) is 4.79 Å². The lowest BCUT2D eigenvalue weighted by molar-refractivity contribution is -0.124. The topological polar surface area (TPSA) is 70.1 Å². The van der Waals surface area contributed by atoms with E-state index in [2.05, 4.69) is 23.7 Å². The van der Waals surface area contributed by atoms with E-state index in [1.165, 1.54) is 0 Å². The summed E-state index contributed by atoms with van der Waals surface area (Å²) in [5.41, 5.74) is 0.302. The number of thiophene rings is 1. The van der Waals surface area contributed by atoms with Crippen molar-refractivity contribution in [2.45, 2.75) is 84.4 Å². The van der Waals surface area contributed by atoms with Crippen LogP contribution >= 0.6 is 11.3 Å². The van der Waals surface area contributed by atoms with E-state index in [1.54, 1.807) is 7.11 Å². The Morgan fingerprint density at radius 2 is 1.79 bits per heavy atom. The van der Waals surface area contributed by atoms with Crippen LogP contribution in [0.25, 0.3) is 0 Å². The first-order valence-corrected chi connectivity index (χ1v) is 13.2. The maximum Gasteiger partial charge on any atom is 0.348 e. The molecule has 0 bridgehead atoms. The molecule has 1 heterocycles. The highest BCUT2D eigenvalue weighted by atomic mass is 32.1. The summed E-state index contributed by atoms with van der Waals surface area (Å²) in [5.74, 6) is 5.96. The molecule has 0 aromatic carbocycles. The highest BCUT2D eigenvalue weighted by Gasteiger charge is 2.43. The first-order valence-electron chi connectivity index (χ1n) is 12.3. The molecule has 188 valence electrons. The lowest BCUT2D eigenvalue weighted by atomic mass is 9.82. The van der Waals surface area contributed by atoms with Gasteiger partial charge in [-0.3, -0.25) is 4.79 Å². The zero-order valence-corrected chi connectivity index (χ0v) is 22.5. The Kier molecular flexibility index (Phi) is 8.49. The zero-order chi connectivity index (χ0) is 25.2. The molecule has 0 radical (unpaired) electrons. The van der Waals surface area contributed by atoms with Crippen LogP contribution in [0.4, 0.5) is 5.69 Å². The van der Waals surface area contributed by atoms with Crippen molar-refractivity contribution < 1.29 is 19.4 Å². The van der Waals surface area contributed by atoms with E-state index in [1.807, 2.05) is 45.8 Å². The second-order valence-electron chi connectivity index (χ2n) is 11.2. The molecule has 2 saturated carbocycles. The van der Waals surface area contributed by atoms with Gasteiger partial charge < -0.3 is 19.6 Å². The van der Waals surface area contributed by atoms with Crippen molar-refractivity contribution in [3.63, 3.8) is 0 Å². The van der Waals surface area contributed by atoms with E-state index in [0.717, 1.165) is 43.4 Å². The van der Waals surface area contributed by atoms with E-state index in [4.69, 9.17) is 4.74 Å². The summed E-state index contributed by atoms with van der Waals surface area (Å²) in [7, 11) is 5.77. The van der Waals surface area contributed by atoms with Gasteiger partial charge in [-0.15, -0.1) is 11.3 Å². The van der Waals surface area contributed by atoms with Crippen LogP contribution in [0.2, 0.25) is 0 Å². The minimum atomic E-state index is -1.01. The van der Waals surface area contributed by atoms with Gasteiger partial charge >= 0.3 is 5.97 Å². The number of methoxy groups -OCH3 is 1. The Balaban J connectivity index is 2.05. The van der Waals surface area contributed by atoms with Crippen molar-refractivity contribution in [3.8, 4) is 11.8 Å². The number of ether oxygens (including phenoxy) is 1. The molecule has 1 amide bonds. The number of anilines is 1. The summed E-state index contributed by atoms with van der Waals surface area (Å²) in [5, 5.41) is 10.1. The molecular formula is C27H40N2O4S. The SMILES string of the molecule is COC1CC(N(C(=O)C2CCC(C)CC2)c2cc(C#CC(C)(C)C)sc2C(=O)O)CC1N(C)C. The van der Waals surface area contributed by atoms with Crippen molar-refractivity contribution in [3.05, 3.63) is 15.8 Å². The maximum absolute atomic E-state index is 14.0. The summed E-state index contributed by atoms with van der Waals surface area (Å²) in [6.07, 6.45) is 5.22. The van der Waals surface area contributed by atoms with Crippen molar-refractivity contribution in [1.82, 2.24) is 4.90 Å². The van der Waals surface area contributed by atoms with Gasteiger partial charge in [0.25, 0.3) is 0 Å². The number of amides is 1. The first-order chi connectivity index (χ1) is 15.9. The van der Waals surface area contributed by atoms with Gasteiger partial charge in [0.05, 0.1) is 16.7 Å². The smallest absolute Gasteiger partial charge is 0.348 e. The van der Waals surface area contributed by atoms with Crippen molar-refractivity contribution in [2.24, 2.45) is 17.3 Å². The molecular weight excluding hydrogens is 448 g/mol. The number of carboxylic acid groups (broad SMARTS) is 1. The Morgan fingerprint density at radius 1 is 1.15 bits per heavy atom. The highest BCUT2D eigenvalue weighted by Crippen LogP contribution is 2.40. The lowest BCUT2D eigenvalue weighted by Gasteiger charge is -2.35. The van der Waals surface area contributed by atoms with Crippen LogP contribution in [-0.4, -0.2) is 61.3 Å². The van der Waals surface area contributed by atoms with E-state index in [-0.39, 0.29) is 40.3 Å². The lowest BCUT2D eigenvalue weighted by Crippen LogP contribution is -2.44. The summed E-state index contributed by atoms with van der Waals surface area (Å²) in [6, 6.07) is 1.88. The predicted octanol–water partition coefficient (Wildman–Crippen LogP) is 5.11. The van der Waals surface area contributed by atoms with Gasteiger partial charge in [-0.2, -0.15) is 0 Å². The predicted molar refractivity (Wildman–Crippen MR) is 138 cm³/mol. The van der Waals surface area contributed by atoms with Crippen LogP contribution in [0.1, 0.15) is 80.8 Å². The molecule has 1 aromatic rings. The molecule has 3 atom stereocenters. The number of hydrogen-bond donors (Lipinski definition) is 1. The van der Waals surface area contributed by atoms with Crippen LogP contribution in [0.5, 0.6) is 0 Å². The van der Waals surface area contributed by atoms with Crippen LogP contribution in [-0.2, 0) is 9.53 Å². The zero-order valence-electron chi connectivity index (χ0n) is 21.7. The number of nitrogens with zero attached hydrogens (tertiary/aromatic N) is 2. The van der Waals surface area contributed by atoms with Gasteiger partial charge in [-0.05, 0) is 85.4 Å². The number of aromatic carboxylic acids is 1. The fourth-order valence-electron chi connectivity index (χ4n) is 5.18. The normalized spacial score (nSPS) is 27.4. The summed E-state index contributed by atoms with van der Waals surface area (Å²) in [6.45, 7) is 8.31. The average molecular weight is 489 g/mol. The van der Waals surface area contributed by atoms with Crippen LogP contribution < -0.4 is 4.90 Å². The fourth-order valence-corrected chi connectivity index (χ4v) is 6.02.